The molecule has 0 aromatic heterocycles. The summed E-state index contributed by atoms with van der Waals surface area (Å²) in [5.74, 6) is 0.141. The van der Waals surface area contributed by atoms with Gasteiger partial charge in [-0.25, -0.2) is 8.42 Å². The lowest BCUT2D eigenvalue weighted by Gasteiger charge is -1.93. The standard InChI is InChI=1S/C6H12N2O2S2/c1-2-4-12(9,10)5-3-11-6(7)8/h3,5H,2,4H2,1H3,(H3,7,8). The Morgan fingerprint density at radius 2 is 2.25 bits per heavy atom. The molecule has 0 aliphatic heterocycles. The molecule has 6 heteroatoms. The Bertz CT molecular complexity index is 269. The van der Waals surface area contributed by atoms with E-state index in [1.54, 1.807) is 6.92 Å². The minimum absolute atomic E-state index is 0.113. The SMILES string of the molecule is CCCS(=O)(=O)C=CSC(=N)N. The molecule has 0 aliphatic rings. The second kappa shape index (κ2) is 5.21. The molecule has 0 fully saturated rings. The summed E-state index contributed by atoms with van der Waals surface area (Å²) in [6, 6.07) is 0. The summed E-state index contributed by atoms with van der Waals surface area (Å²) in [4.78, 5) is 0. The van der Waals surface area contributed by atoms with Gasteiger partial charge in [0.15, 0.2) is 15.0 Å². The Labute approximate surface area is 76.6 Å². The molecule has 0 spiro atoms. The Balaban J connectivity index is 4.06. The van der Waals surface area contributed by atoms with Crippen LogP contribution in [0, 0.1) is 5.41 Å². The number of hydrogen-bond acceptors (Lipinski definition) is 4. The van der Waals surface area contributed by atoms with Crippen molar-refractivity contribution in [3.63, 3.8) is 0 Å². The van der Waals surface area contributed by atoms with Crippen molar-refractivity contribution in [2.75, 3.05) is 5.75 Å². The smallest absolute Gasteiger partial charge is 0.172 e. The molecule has 4 nitrogen and oxygen atoms in total. The van der Waals surface area contributed by atoms with Gasteiger partial charge in [-0.1, -0.05) is 18.7 Å². The summed E-state index contributed by atoms with van der Waals surface area (Å²) < 4.78 is 22.0. The quantitative estimate of drug-likeness (QED) is 0.531. The molecule has 0 bridgehead atoms. The highest BCUT2D eigenvalue weighted by atomic mass is 32.2. The fraction of sp³-hybridized carbons (Fsp3) is 0.500. The predicted molar refractivity (Wildman–Crippen MR) is 52.7 cm³/mol. The first-order valence-electron chi connectivity index (χ1n) is 3.38. The number of nitrogens with one attached hydrogen (secondary N) is 1. The minimum atomic E-state index is -3.08. The van der Waals surface area contributed by atoms with Gasteiger partial charge < -0.3 is 5.73 Å². The van der Waals surface area contributed by atoms with Crippen molar-refractivity contribution in [1.29, 1.82) is 5.41 Å². The number of hydrogen-bond donors (Lipinski definition) is 2. The zero-order valence-corrected chi connectivity index (χ0v) is 8.41. The van der Waals surface area contributed by atoms with Crippen LogP contribution in [0.4, 0.5) is 0 Å². The highest BCUT2D eigenvalue weighted by Crippen LogP contribution is 2.03. The van der Waals surface area contributed by atoms with Gasteiger partial charge in [0.1, 0.15) is 0 Å². The van der Waals surface area contributed by atoms with Crippen LogP contribution in [0.15, 0.2) is 10.8 Å². The van der Waals surface area contributed by atoms with Gasteiger partial charge in [0.2, 0.25) is 0 Å². The molecule has 0 atom stereocenters. The number of sulfone groups is 1. The van der Waals surface area contributed by atoms with Crippen LogP contribution in [0.2, 0.25) is 0 Å². The van der Waals surface area contributed by atoms with Gasteiger partial charge in [-0.2, -0.15) is 0 Å². The fourth-order valence-corrected chi connectivity index (χ4v) is 2.29. The Morgan fingerprint density at radius 1 is 1.67 bits per heavy atom. The van der Waals surface area contributed by atoms with Gasteiger partial charge in [-0.05, 0) is 11.8 Å². The van der Waals surface area contributed by atoms with Gasteiger partial charge in [-0.15, -0.1) is 0 Å². The second-order valence-electron chi connectivity index (χ2n) is 2.12. The molecule has 0 rings (SSSR count). The predicted octanol–water partition coefficient (Wildman–Crippen LogP) is 0.909. The van der Waals surface area contributed by atoms with Crippen molar-refractivity contribution >= 4 is 26.8 Å². The molecular weight excluding hydrogens is 196 g/mol. The Morgan fingerprint density at radius 3 is 2.67 bits per heavy atom. The third-order valence-corrected chi connectivity index (χ3v) is 3.17. The largest absolute Gasteiger partial charge is 0.378 e. The first-order valence-corrected chi connectivity index (χ1v) is 5.97. The first-order chi connectivity index (χ1) is 5.48. The maximum Gasteiger partial charge on any atom is 0.172 e. The normalized spacial score (nSPS) is 12.1. The van der Waals surface area contributed by atoms with Crippen LogP contribution in [0.5, 0.6) is 0 Å². The molecule has 70 valence electrons. The third-order valence-electron chi connectivity index (χ3n) is 0.947. The van der Waals surface area contributed by atoms with Crippen LogP contribution >= 0.6 is 11.8 Å². The van der Waals surface area contributed by atoms with E-state index in [-0.39, 0.29) is 10.9 Å². The molecule has 0 saturated carbocycles. The van der Waals surface area contributed by atoms with E-state index in [1.807, 2.05) is 0 Å². The van der Waals surface area contributed by atoms with Crippen LogP contribution in [-0.4, -0.2) is 19.3 Å². The van der Waals surface area contributed by atoms with E-state index in [9.17, 15) is 8.42 Å². The van der Waals surface area contributed by atoms with Crippen LogP contribution in [0.1, 0.15) is 13.3 Å². The van der Waals surface area contributed by atoms with Crippen molar-refractivity contribution in [3.8, 4) is 0 Å². The highest BCUT2D eigenvalue weighted by Gasteiger charge is 2.02. The van der Waals surface area contributed by atoms with Crippen LogP contribution in [-0.2, 0) is 9.84 Å². The molecule has 3 N–H and O–H groups in total. The molecule has 0 heterocycles. The van der Waals surface area contributed by atoms with Gasteiger partial charge in [0.05, 0.1) is 5.75 Å². The van der Waals surface area contributed by atoms with Crippen molar-refractivity contribution < 1.29 is 8.42 Å². The molecule has 0 saturated heterocycles. The molecule has 0 aliphatic carbocycles. The lowest BCUT2D eigenvalue weighted by Crippen LogP contribution is -2.03. The summed E-state index contributed by atoms with van der Waals surface area (Å²) in [7, 11) is -3.08. The summed E-state index contributed by atoms with van der Waals surface area (Å²) in [5, 5.41) is 9.08. The van der Waals surface area contributed by atoms with Crippen LogP contribution in [0.25, 0.3) is 0 Å². The zero-order valence-electron chi connectivity index (χ0n) is 6.78. The molecule has 0 aromatic carbocycles. The van der Waals surface area contributed by atoms with E-state index >= 15 is 0 Å². The Kier molecular flexibility index (Phi) is 5.00. The fourth-order valence-electron chi connectivity index (χ4n) is 0.538. The number of nitrogens with two attached hydrogens (primary N) is 1. The van der Waals surface area contributed by atoms with E-state index in [0.717, 1.165) is 17.2 Å². The lowest BCUT2D eigenvalue weighted by molar-refractivity contribution is 0.603. The molecular formula is C6H12N2O2S2. The molecule has 0 amide bonds. The third kappa shape index (κ3) is 6.23. The van der Waals surface area contributed by atoms with Crippen molar-refractivity contribution in [2.24, 2.45) is 5.73 Å². The molecule has 0 radical (unpaired) electrons. The van der Waals surface area contributed by atoms with Gasteiger partial charge >= 0.3 is 0 Å². The zero-order chi connectivity index (χ0) is 9.61. The second-order valence-corrected chi connectivity index (χ2v) is 5.08. The maximum atomic E-state index is 11.0. The van der Waals surface area contributed by atoms with Gasteiger partial charge in [-0.3, -0.25) is 5.41 Å². The monoisotopic (exact) mass is 208 g/mol. The highest BCUT2D eigenvalue weighted by molar-refractivity contribution is 8.16. The summed E-state index contributed by atoms with van der Waals surface area (Å²) in [6.45, 7) is 1.80. The lowest BCUT2D eigenvalue weighted by atomic mass is 10.6. The molecule has 12 heavy (non-hydrogen) atoms. The van der Waals surface area contributed by atoms with E-state index in [2.05, 4.69) is 0 Å². The van der Waals surface area contributed by atoms with E-state index < -0.39 is 9.84 Å². The van der Waals surface area contributed by atoms with E-state index in [4.69, 9.17) is 11.1 Å². The summed E-state index contributed by atoms with van der Waals surface area (Å²) >= 11 is 0.885. The maximum absolute atomic E-state index is 11.0. The van der Waals surface area contributed by atoms with Crippen molar-refractivity contribution in [3.05, 3.63) is 10.8 Å². The number of thioether (sulfide) groups is 1. The Hall–Kier alpha value is -0.490. The number of amidine groups is 1. The van der Waals surface area contributed by atoms with E-state index in [1.165, 1.54) is 5.41 Å². The number of rotatable bonds is 4. The van der Waals surface area contributed by atoms with Gasteiger partial charge in [0.25, 0.3) is 0 Å². The van der Waals surface area contributed by atoms with Crippen molar-refractivity contribution in [1.82, 2.24) is 0 Å². The van der Waals surface area contributed by atoms with Crippen molar-refractivity contribution in [2.45, 2.75) is 13.3 Å². The van der Waals surface area contributed by atoms with Gasteiger partial charge in [0, 0.05) is 5.41 Å². The molecule has 0 aromatic rings. The topological polar surface area (TPSA) is 84.0 Å². The average Bonchev–Trinajstić information content (AvgIpc) is 1.85. The minimum Gasteiger partial charge on any atom is -0.378 e. The van der Waals surface area contributed by atoms with Crippen LogP contribution in [0.3, 0.4) is 0 Å². The van der Waals surface area contributed by atoms with E-state index in [0.29, 0.717) is 6.42 Å². The summed E-state index contributed by atoms with van der Waals surface area (Å²) in [5.41, 5.74) is 5.00. The van der Waals surface area contributed by atoms with Crippen LogP contribution < -0.4 is 5.73 Å². The summed E-state index contributed by atoms with van der Waals surface area (Å²) in [6.07, 6.45) is 0.595. The molecule has 0 unspecified atom stereocenters. The first kappa shape index (κ1) is 11.5. The average molecular weight is 208 g/mol.